The van der Waals surface area contributed by atoms with E-state index in [1.54, 1.807) is 7.11 Å². The van der Waals surface area contributed by atoms with Crippen molar-refractivity contribution in [2.24, 2.45) is 0 Å². The smallest absolute Gasteiger partial charge is 0.119 e. The molecule has 3 heteroatoms. The van der Waals surface area contributed by atoms with E-state index in [-0.39, 0.29) is 0 Å². The summed E-state index contributed by atoms with van der Waals surface area (Å²) in [6.45, 7) is 3.35. The molecular formula is C18H29NOS. The van der Waals surface area contributed by atoms with Crippen molar-refractivity contribution in [3.05, 3.63) is 29.8 Å². The summed E-state index contributed by atoms with van der Waals surface area (Å²) in [5.41, 5.74) is 1.37. The highest BCUT2D eigenvalue weighted by molar-refractivity contribution is 7.99. The average Bonchev–Trinajstić information content (AvgIpc) is 3.03. The first-order valence-corrected chi connectivity index (χ1v) is 9.34. The summed E-state index contributed by atoms with van der Waals surface area (Å²) in [6.07, 6.45) is 8.00. The number of hydrogen-bond acceptors (Lipinski definition) is 3. The van der Waals surface area contributed by atoms with Gasteiger partial charge in [0.15, 0.2) is 0 Å². The molecule has 1 unspecified atom stereocenters. The van der Waals surface area contributed by atoms with Gasteiger partial charge in [0.25, 0.3) is 0 Å². The molecule has 1 aliphatic carbocycles. The Kier molecular flexibility index (Phi) is 7.45. The minimum atomic E-state index is 0.572. The third-order valence-electron chi connectivity index (χ3n) is 4.13. The van der Waals surface area contributed by atoms with Gasteiger partial charge in [0.2, 0.25) is 0 Å². The maximum atomic E-state index is 5.33. The fourth-order valence-corrected chi connectivity index (χ4v) is 4.34. The monoisotopic (exact) mass is 307 g/mol. The van der Waals surface area contributed by atoms with Crippen LogP contribution in [-0.4, -0.2) is 30.7 Å². The molecule has 1 atom stereocenters. The van der Waals surface area contributed by atoms with Crippen LogP contribution in [-0.2, 0) is 6.42 Å². The standard InChI is InChI=1S/C18H29NOS/c1-3-11-19-16(14-21-18-9-4-5-10-18)12-15-7-6-8-17(13-15)20-2/h6-8,13,16,18-19H,3-5,9-12,14H2,1-2H3. The van der Waals surface area contributed by atoms with Crippen molar-refractivity contribution < 1.29 is 4.74 Å². The third-order valence-corrected chi connectivity index (χ3v) is 5.67. The Bertz CT molecular complexity index is 404. The molecule has 1 N–H and O–H groups in total. The molecule has 0 aliphatic heterocycles. The van der Waals surface area contributed by atoms with Gasteiger partial charge in [-0.25, -0.2) is 0 Å². The molecule has 0 heterocycles. The van der Waals surface area contributed by atoms with Gasteiger partial charge in [-0.1, -0.05) is 31.9 Å². The summed E-state index contributed by atoms with van der Waals surface area (Å²) in [5, 5.41) is 4.62. The fraction of sp³-hybridized carbons (Fsp3) is 0.667. The van der Waals surface area contributed by atoms with E-state index in [2.05, 4.69) is 42.2 Å². The number of hydrogen-bond donors (Lipinski definition) is 1. The SMILES string of the molecule is CCCNC(CSC1CCCC1)Cc1cccc(OC)c1. The third kappa shape index (κ3) is 5.91. The molecule has 1 fully saturated rings. The zero-order valence-electron chi connectivity index (χ0n) is 13.4. The van der Waals surface area contributed by atoms with E-state index in [0.29, 0.717) is 6.04 Å². The van der Waals surface area contributed by atoms with Crippen molar-refractivity contribution in [2.75, 3.05) is 19.4 Å². The number of ether oxygens (including phenoxy) is 1. The quantitative estimate of drug-likeness (QED) is 0.735. The van der Waals surface area contributed by atoms with Gasteiger partial charge in [0.05, 0.1) is 7.11 Å². The molecule has 21 heavy (non-hydrogen) atoms. The Labute approximate surface area is 134 Å². The summed E-state index contributed by atoms with van der Waals surface area (Å²) in [7, 11) is 1.74. The minimum absolute atomic E-state index is 0.572. The van der Waals surface area contributed by atoms with E-state index in [4.69, 9.17) is 4.74 Å². The molecule has 0 bridgehead atoms. The largest absolute Gasteiger partial charge is 0.497 e. The molecule has 118 valence electrons. The number of nitrogens with one attached hydrogen (secondary N) is 1. The normalized spacial score (nSPS) is 17.0. The first-order valence-electron chi connectivity index (χ1n) is 8.29. The predicted molar refractivity (Wildman–Crippen MR) is 93.5 cm³/mol. The average molecular weight is 308 g/mol. The lowest BCUT2D eigenvalue weighted by atomic mass is 10.1. The molecule has 2 rings (SSSR count). The van der Waals surface area contributed by atoms with Crippen LogP contribution in [0.1, 0.15) is 44.6 Å². The lowest BCUT2D eigenvalue weighted by Crippen LogP contribution is -2.34. The highest BCUT2D eigenvalue weighted by atomic mass is 32.2. The van der Waals surface area contributed by atoms with E-state index < -0.39 is 0 Å². The lowest BCUT2D eigenvalue weighted by Gasteiger charge is -2.20. The van der Waals surface area contributed by atoms with Crippen molar-refractivity contribution in [1.29, 1.82) is 0 Å². The van der Waals surface area contributed by atoms with Crippen molar-refractivity contribution in [1.82, 2.24) is 5.32 Å². The van der Waals surface area contributed by atoms with Gasteiger partial charge in [-0.2, -0.15) is 11.8 Å². The number of methoxy groups -OCH3 is 1. The van der Waals surface area contributed by atoms with E-state index >= 15 is 0 Å². The Hall–Kier alpha value is -0.670. The summed E-state index contributed by atoms with van der Waals surface area (Å²) in [6, 6.07) is 9.06. The molecule has 0 amide bonds. The van der Waals surface area contributed by atoms with E-state index in [9.17, 15) is 0 Å². The van der Waals surface area contributed by atoms with Crippen LogP contribution < -0.4 is 10.1 Å². The van der Waals surface area contributed by atoms with Gasteiger partial charge in [0, 0.05) is 17.0 Å². The van der Waals surface area contributed by atoms with Crippen LogP contribution in [0.25, 0.3) is 0 Å². The highest BCUT2D eigenvalue weighted by Crippen LogP contribution is 2.30. The lowest BCUT2D eigenvalue weighted by molar-refractivity contribution is 0.414. The molecule has 1 saturated carbocycles. The molecular weight excluding hydrogens is 278 g/mol. The molecule has 0 aromatic heterocycles. The first-order chi connectivity index (χ1) is 10.3. The topological polar surface area (TPSA) is 21.3 Å². The molecule has 1 aromatic carbocycles. The minimum Gasteiger partial charge on any atom is -0.497 e. The van der Waals surface area contributed by atoms with Crippen molar-refractivity contribution in [2.45, 2.75) is 56.7 Å². The summed E-state index contributed by atoms with van der Waals surface area (Å²) in [4.78, 5) is 0. The molecule has 1 aliphatic rings. The summed E-state index contributed by atoms with van der Waals surface area (Å²) >= 11 is 2.18. The van der Waals surface area contributed by atoms with Crippen LogP contribution >= 0.6 is 11.8 Å². The summed E-state index contributed by atoms with van der Waals surface area (Å²) < 4.78 is 5.33. The van der Waals surface area contributed by atoms with Crippen molar-refractivity contribution in [3.63, 3.8) is 0 Å². The van der Waals surface area contributed by atoms with Crippen LogP contribution in [0, 0.1) is 0 Å². The van der Waals surface area contributed by atoms with Gasteiger partial charge >= 0.3 is 0 Å². The zero-order valence-corrected chi connectivity index (χ0v) is 14.3. The van der Waals surface area contributed by atoms with Crippen molar-refractivity contribution >= 4 is 11.8 Å². The maximum Gasteiger partial charge on any atom is 0.119 e. The maximum absolute atomic E-state index is 5.33. The van der Waals surface area contributed by atoms with Crippen LogP contribution in [0.5, 0.6) is 5.75 Å². The Morgan fingerprint density at radius 1 is 1.33 bits per heavy atom. The van der Waals surface area contributed by atoms with E-state index in [1.165, 1.54) is 43.4 Å². The van der Waals surface area contributed by atoms with Crippen molar-refractivity contribution in [3.8, 4) is 5.75 Å². The summed E-state index contributed by atoms with van der Waals surface area (Å²) in [5.74, 6) is 2.19. The second kappa shape index (κ2) is 9.37. The van der Waals surface area contributed by atoms with Crippen LogP contribution in [0.2, 0.25) is 0 Å². The number of thioether (sulfide) groups is 1. The predicted octanol–water partition coefficient (Wildman–Crippen LogP) is 4.28. The molecule has 1 aromatic rings. The second-order valence-corrected chi connectivity index (χ2v) is 7.28. The number of benzene rings is 1. The molecule has 0 spiro atoms. The Morgan fingerprint density at radius 3 is 2.86 bits per heavy atom. The second-order valence-electron chi connectivity index (χ2n) is 5.95. The number of rotatable bonds is 9. The van der Waals surface area contributed by atoms with Gasteiger partial charge in [-0.3, -0.25) is 0 Å². The van der Waals surface area contributed by atoms with Crippen LogP contribution in [0.4, 0.5) is 0 Å². The van der Waals surface area contributed by atoms with E-state index in [0.717, 1.165) is 24.0 Å². The van der Waals surface area contributed by atoms with E-state index in [1.807, 2.05) is 6.07 Å². The van der Waals surface area contributed by atoms with Crippen LogP contribution in [0.15, 0.2) is 24.3 Å². The zero-order chi connectivity index (χ0) is 14.9. The molecule has 0 radical (unpaired) electrons. The molecule has 2 nitrogen and oxygen atoms in total. The van der Waals surface area contributed by atoms with Gasteiger partial charge in [-0.05, 0) is 49.9 Å². The van der Waals surface area contributed by atoms with Gasteiger partial charge in [0.1, 0.15) is 5.75 Å². The Morgan fingerprint density at radius 2 is 2.14 bits per heavy atom. The first kappa shape index (κ1) is 16.7. The van der Waals surface area contributed by atoms with Gasteiger partial charge in [-0.15, -0.1) is 0 Å². The van der Waals surface area contributed by atoms with Gasteiger partial charge < -0.3 is 10.1 Å². The highest BCUT2D eigenvalue weighted by Gasteiger charge is 2.18. The van der Waals surface area contributed by atoms with Crippen LogP contribution in [0.3, 0.4) is 0 Å². The Balaban J connectivity index is 1.87. The molecule has 0 saturated heterocycles. The fourth-order valence-electron chi connectivity index (χ4n) is 2.93.